The summed E-state index contributed by atoms with van der Waals surface area (Å²) in [6, 6.07) is -1.65. The number of rotatable bonds is 3. The monoisotopic (exact) mass is 227 g/mol. The average Bonchev–Trinajstić information content (AvgIpc) is 2.64. The molecule has 0 saturated carbocycles. The predicted octanol–water partition coefficient (Wildman–Crippen LogP) is -0.913. The van der Waals surface area contributed by atoms with Gasteiger partial charge >= 0.3 is 6.03 Å². The molecule has 0 aliphatic heterocycles. The fourth-order valence-electron chi connectivity index (χ4n) is 1.02. The molecule has 8 nitrogen and oxygen atoms in total. The SMILES string of the molecule is CC(O)c1cn(C(C)C(=O)NC(N)=O)nn1. The zero-order chi connectivity index (χ0) is 12.3. The highest BCUT2D eigenvalue weighted by Gasteiger charge is 2.18. The van der Waals surface area contributed by atoms with Gasteiger partial charge in [0.05, 0.1) is 12.3 Å². The first-order valence-corrected chi connectivity index (χ1v) is 4.62. The van der Waals surface area contributed by atoms with Gasteiger partial charge in [-0.15, -0.1) is 5.10 Å². The van der Waals surface area contributed by atoms with Gasteiger partial charge in [0.2, 0.25) is 0 Å². The number of nitrogens with zero attached hydrogens (tertiary/aromatic N) is 3. The van der Waals surface area contributed by atoms with Crippen molar-refractivity contribution in [2.24, 2.45) is 5.73 Å². The first-order chi connectivity index (χ1) is 7.41. The number of aromatic nitrogens is 3. The van der Waals surface area contributed by atoms with Crippen LogP contribution in [-0.2, 0) is 4.79 Å². The van der Waals surface area contributed by atoms with Crippen LogP contribution in [0.2, 0.25) is 0 Å². The van der Waals surface area contributed by atoms with Crippen LogP contribution in [0.1, 0.15) is 31.7 Å². The Balaban J connectivity index is 2.76. The van der Waals surface area contributed by atoms with Crippen LogP contribution in [0.3, 0.4) is 0 Å². The summed E-state index contributed by atoms with van der Waals surface area (Å²) in [5.74, 6) is -0.588. The van der Waals surface area contributed by atoms with Gasteiger partial charge in [-0.2, -0.15) is 0 Å². The fraction of sp³-hybridized carbons (Fsp3) is 0.500. The van der Waals surface area contributed by atoms with E-state index in [0.717, 1.165) is 0 Å². The molecule has 0 radical (unpaired) electrons. The Morgan fingerprint density at radius 1 is 1.56 bits per heavy atom. The number of aliphatic hydroxyl groups is 1. The summed E-state index contributed by atoms with van der Waals surface area (Å²) < 4.78 is 1.24. The lowest BCUT2D eigenvalue weighted by Gasteiger charge is -2.09. The van der Waals surface area contributed by atoms with Gasteiger partial charge in [0.1, 0.15) is 11.7 Å². The summed E-state index contributed by atoms with van der Waals surface area (Å²) in [7, 11) is 0. The summed E-state index contributed by atoms with van der Waals surface area (Å²) in [5.41, 5.74) is 5.15. The molecule has 1 rings (SSSR count). The number of primary amides is 1. The minimum atomic E-state index is -0.923. The van der Waals surface area contributed by atoms with Crippen molar-refractivity contribution in [1.82, 2.24) is 20.3 Å². The topological polar surface area (TPSA) is 123 Å². The van der Waals surface area contributed by atoms with Crippen molar-refractivity contribution in [2.75, 3.05) is 0 Å². The van der Waals surface area contributed by atoms with E-state index in [1.807, 2.05) is 5.32 Å². The van der Waals surface area contributed by atoms with Crippen LogP contribution in [0, 0.1) is 0 Å². The molecule has 16 heavy (non-hydrogen) atoms. The number of carbonyl (C=O) groups is 2. The van der Waals surface area contributed by atoms with Gasteiger partial charge in [0.25, 0.3) is 5.91 Å². The first kappa shape index (κ1) is 12.1. The molecule has 0 aliphatic rings. The van der Waals surface area contributed by atoms with E-state index >= 15 is 0 Å². The van der Waals surface area contributed by atoms with Gasteiger partial charge in [-0.1, -0.05) is 5.21 Å². The van der Waals surface area contributed by atoms with Gasteiger partial charge in [-0.25, -0.2) is 9.48 Å². The van der Waals surface area contributed by atoms with Crippen molar-refractivity contribution in [2.45, 2.75) is 26.0 Å². The highest BCUT2D eigenvalue weighted by Crippen LogP contribution is 2.10. The quantitative estimate of drug-likeness (QED) is 0.616. The Labute approximate surface area is 91.4 Å². The molecule has 8 heteroatoms. The zero-order valence-corrected chi connectivity index (χ0v) is 8.91. The lowest BCUT2D eigenvalue weighted by Crippen LogP contribution is -2.39. The van der Waals surface area contributed by atoms with Crippen LogP contribution in [-0.4, -0.2) is 32.0 Å². The van der Waals surface area contributed by atoms with E-state index in [9.17, 15) is 14.7 Å². The molecular weight excluding hydrogens is 214 g/mol. The minimum Gasteiger partial charge on any atom is -0.387 e. The molecule has 0 aromatic carbocycles. The third kappa shape index (κ3) is 2.76. The molecule has 0 spiro atoms. The number of urea groups is 1. The Morgan fingerprint density at radius 3 is 2.62 bits per heavy atom. The molecule has 1 heterocycles. The number of nitrogens with two attached hydrogens (primary N) is 1. The summed E-state index contributed by atoms with van der Waals surface area (Å²) in [6.07, 6.45) is 0.663. The Kier molecular flexibility index (Phi) is 3.56. The normalized spacial score (nSPS) is 14.2. The zero-order valence-electron chi connectivity index (χ0n) is 8.91. The molecule has 88 valence electrons. The van der Waals surface area contributed by atoms with E-state index in [2.05, 4.69) is 10.3 Å². The molecule has 2 atom stereocenters. The van der Waals surface area contributed by atoms with Crippen LogP contribution in [0.25, 0.3) is 0 Å². The lowest BCUT2D eigenvalue weighted by atomic mass is 10.3. The largest absolute Gasteiger partial charge is 0.387 e. The smallest absolute Gasteiger partial charge is 0.318 e. The number of amides is 3. The van der Waals surface area contributed by atoms with E-state index in [1.54, 1.807) is 0 Å². The second kappa shape index (κ2) is 4.71. The molecule has 0 saturated heterocycles. The van der Waals surface area contributed by atoms with Crippen LogP contribution >= 0.6 is 0 Å². The Hall–Kier alpha value is -1.96. The van der Waals surface area contributed by atoms with Gasteiger partial charge in [0, 0.05) is 0 Å². The third-order valence-corrected chi connectivity index (χ3v) is 1.98. The highest BCUT2D eigenvalue weighted by molar-refractivity contribution is 5.95. The van der Waals surface area contributed by atoms with Crippen molar-refractivity contribution < 1.29 is 14.7 Å². The van der Waals surface area contributed by atoms with E-state index in [0.29, 0.717) is 5.69 Å². The fourth-order valence-corrected chi connectivity index (χ4v) is 1.02. The Bertz CT molecular complexity index is 400. The van der Waals surface area contributed by atoms with E-state index < -0.39 is 24.1 Å². The second-order valence-electron chi connectivity index (χ2n) is 3.33. The molecule has 0 bridgehead atoms. The highest BCUT2D eigenvalue weighted by atomic mass is 16.3. The standard InChI is InChI=1S/C8H13N5O3/c1-4(7(15)10-8(9)16)13-3-6(5(2)14)11-12-13/h3-5,14H,1-2H3,(H3,9,10,15,16). The van der Waals surface area contributed by atoms with E-state index in [-0.39, 0.29) is 0 Å². The van der Waals surface area contributed by atoms with Crippen molar-refractivity contribution >= 4 is 11.9 Å². The maximum atomic E-state index is 11.4. The molecule has 2 unspecified atom stereocenters. The summed E-state index contributed by atoms with van der Waals surface area (Å²) in [4.78, 5) is 21.8. The van der Waals surface area contributed by atoms with Gasteiger partial charge in [0.15, 0.2) is 0 Å². The number of hydrogen-bond acceptors (Lipinski definition) is 5. The summed E-state index contributed by atoms with van der Waals surface area (Å²) in [6.45, 7) is 3.06. The number of nitrogens with one attached hydrogen (secondary N) is 1. The van der Waals surface area contributed by atoms with E-state index in [4.69, 9.17) is 5.73 Å². The van der Waals surface area contributed by atoms with Crippen molar-refractivity contribution in [3.63, 3.8) is 0 Å². The third-order valence-electron chi connectivity index (χ3n) is 1.98. The molecule has 4 N–H and O–H groups in total. The van der Waals surface area contributed by atoms with Gasteiger partial charge in [-0.05, 0) is 13.8 Å². The molecule has 0 aliphatic carbocycles. The van der Waals surface area contributed by atoms with Crippen molar-refractivity contribution in [1.29, 1.82) is 0 Å². The lowest BCUT2D eigenvalue weighted by molar-refractivity contribution is -0.123. The molecule has 0 fully saturated rings. The van der Waals surface area contributed by atoms with Crippen molar-refractivity contribution in [3.8, 4) is 0 Å². The molecule has 3 amide bonds. The molecule has 1 aromatic heterocycles. The second-order valence-corrected chi connectivity index (χ2v) is 3.33. The van der Waals surface area contributed by atoms with E-state index in [1.165, 1.54) is 24.7 Å². The summed E-state index contributed by atoms with van der Waals surface area (Å²) in [5, 5.41) is 18.5. The Morgan fingerprint density at radius 2 is 2.19 bits per heavy atom. The van der Waals surface area contributed by atoms with Crippen LogP contribution in [0.4, 0.5) is 4.79 Å². The number of carbonyl (C=O) groups excluding carboxylic acids is 2. The minimum absolute atomic E-state index is 0.346. The van der Waals surface area contributed by atoms with Crippen LogP contribution < -0.4 is 11.1 Å². The van der Waals surface area contributed by atoms with Gasteiger partial charge < -0.3 is 10.8 Å². The molecular formula is C8H13N5O3. The summed E-state index contributed by atoms with van der Waals surface area (Å²) >= 11 is 0. The number of hydrogen-bond donors (Lipinski definition) is 3. The number of aliphatic hydroxyl groups excluding tert-OH is 1. The predicted molar refractivity (Wildman–Crippen MR) is 53.1 cm³/mol. The van der Waals surface area contributed by atoms with Crippen LogP contribution in [0.5, 0.6) is 0 Å². The first-order valence-electron chi connectivity index (χ1n) is 4.62. The maximum absolute atomic E-state index is 11.4. The van der Waals surface area contributed by atoms with Crippen molar-refractivity contribution in [3.05, 3.63) is 11.9 Å². The van der Waals surface area contributed by atoms with Gasteiger partial charge in [-0.3, -0.25) is 10.1 Å². The van der Waals surface area contributed by atoms with Crippen LogP contribution in [0.15, 0.2) is 6.20 Å². The number of imide groups is 1. The molecule has 1 aromatic rings. The average molecular weight is 227 g/mol. The maximum Gasteiger partial charge on any atom is 0.318 e.